The molecule has 0 saturated carbocycles. The highest BCUT2D eigenvalue weighted by Gasteiger charge is 2.09. The highest BCUT2D eigenvalue weighted by Crippen LogP contribution is 2.25. The van der Waals surface area contributed by atoms with E-state index >= 15 is 0 Å². The SMILES string of the molecule is CC(NCCCO)c1nc2ccccc2s1. The molecule has 0 aliphatic heterocycles. The molecule has 0 bridgehead atoms. The first-order chi connectivity index (χ1) is 7.81. The lowest BCUT2D eigenvalue weighted by atomic mass is 10.3. The van der Waals surface area contributed by atoms with E-state index in [1.807, 2.05) is 18.2 Å². The zero-order valence-corrected chi connectivity index (χ0v) is 10.1. The first kappa shape index (κ1) is 11.5. The second-order valence-corrected chi connectivity index (χ2v) is 4.84. The molecule has 0 radical (unpaired) electrons. The van der Waals surface area contributed by atoms with Crippen molar-refractivity contribution in [1.82, 2.24) is 10.3 Å². The lowest BCUT2D eigenvalue weighted by Crippen LogP contribution is -2.20. The molecule has 1 heterocycles. The summed E-state index contributed by atoms with van der Waals surface area (Å²) >= 11 is 1.73. The van der Waals surface area contributed by atoms with Crippen LogP contribution < -0.4 is 5.32 Å². The van der Waals surface area contributed by atoms with Crippen LogP contribution in [0.25, 0.3) is 10.2 Å². The molecule has 86 valence electrons. The molecule has 0 amide bonds. The fourth-order valence-corrected chi connectivity index (χ4v) is 2.55. The first-order valence-corrected chi connectivity index (χ1v) is 6.32. The third kappa shape index (κ3) is 2.58. The minimum absolute atomic E-state index is 0.236. The average Bonchev–Trinajstić information content (AvgIpc) is 2.73. The molecule has 0 fully saturated rings. The molecule has 2 rings (SSSR count). The van der Waals surface area contributed by atoms with Crippen LogP contribution >= 0.6 is 11.3 Å². The van der Waals surface area contributed by atoms with Gasteiger partial charge in [-0.05, 0) is 32.0 Å². The zero-order valence-electron chi connectivity index (χ0n) is 9.31. The smallest absolute Gasteiger partial charge is 0.111 e. The summed E-state index contributed by atoms with van der Waals surface area (Å²) in [6.45, 7) is 3.17. The number of nitrogens with one attached hydrogen (secondary N) is 1. The van der Waals surface area contributed by atoms with Crippen molar-refractivity contribution in [3.63, 3.8) is 0 Å². The lowest BCUT2D eigenvalue weighted by Gasteiger charge is -2.09. The fraction of sp³-hybridized carbons (Fsp3) is 0.417. The molecule has 1 atom stereocenters. The number of aliphatic hydroxyl groups is 1. The maximum Gasteiger partial charge on any atom is 0.111 e. The van der Waals surface area contributed by atoms with Crippen LogP contribution in [-0.4, -0.2) is 23.2 Å². The van der Waals surface area contributed by atoms with Gasteiger partial charge in [0.25, 0.3) is 0 Å². The Hall–Kier alpha value is -0.970. The second-order valence-electron chi connectivity index (χ2n) is 3.77. The van der Waals surface area contributed by atoms with E-state index in [0.29, 0.717) is 0 Å². The van der Waals surface area contributed by atoms with Crippen LogP contribution in [0.5, 0.6) is 0 Å². The molecule has 0 aliphatic rings. The van der Waals surface area contributed by atoms with Crippen molar-refractivity contribution in [2.24, 2.45) is 0 Å². The Balaban J connectivity index is 2.07. The molecule has 3 nitrogen and oxygen atoms in total. The number of para-hydroxylation sites is 1. The van der Waals surface area contributed by atoms with Crippen LogP contribution in [0.1, 0.15) is 24.4 Å². The monoisotopic (exact) mass is 236 g/mol. The minimum atomic E-state index is 0.236. The molecule has 0 saturated heterocycles. The van der Waals surface area contributed by atoms with Crippen LogP contribution in [0.4, 0.5) is 0 Å². The number of hydrogen-bond acceptors (Lipinski definition) is 4. The number of nitrogens with zero attached hydrogens (tertiary/aromatic N) is 1. The Morgan fingerprint density at radius 1 is 1.44 bits per heavy atom. The highest BCUT2D eigenvalue weighted by atomic mass is 32.1. The standard InChI is InChI=1S/C12H16N2OS/c1-9(13-7-4-8-15)12-14-10-5-2-3-6-11(10)16-12/h2-3,5-6,9,13,15H,4,7-8H2,1H3. The van der Waals surface area contributed by atoms with Crippen LogP contribution in [0.15, 0.2) is 24.3 Å². The van der Waals surface area contributed by atoms with E-state index < -0.39 is 0 Å². The van der Waals surface area contributed by atoms with E-state index in [1.165, 1.54) is 4.70 Å². The Morgan fingerprint density at radius 3 is 3.00 bits per heavy atom. The van der Waals surface area contributed by atoms with Gasteiger partial charge < -0.3 is 10.4 Å². The van der Waals surface area contributed by atoms with Crippen molar-refractivity contribution in [2.75, 3.05) is 13.2 Å². The van der Waals surface area contributed by atoms with Gasteiger partial charge in [0.15, 0.2) is 0 Å². The summed E-state index contributed by atoms with van der Waals surface area (Å²) in [5, 5.41) is 13.2. The summed E-state index contributed by atoms with van der Waals surface area (Å²) in [5.74, 6) is 0. The summed E-state index contributed by atoms with van der Waals surface area (Å²) in [4.78, 5) is 4.58. The molecule has 1 aromatic carbocycles. The third-order valence-corrected chi connectivity index (χ3v) is 3.69. The molecule has 1 unspecified atom stereocenters. The Morgan fingerprint density at radius 2 is 2.25 bits per heavy atom. The minimum Gasteiger partial charge on any atom is -0.396 e. The van der Waals surface area contributed by atoms with Gasteiger partial charge >= 0.3 is 0 Å². The number of benzene rings is 1. The molecule has 2 N–H and O–H groups in total. The predicted molar refractivity (Wildman–Crippen MR) is 67.7 cm³/mol. The maximum atomic E-state index is 8.71. The van der Waals surface area contributed by atoms with Crippen molar-refractivity contribution < 1.29 is 5.11 Å². The van der Waals surface area contributed by atoms with Crippen molar-refractivity contribution in [3.05, 3.63) is 29.3 Å². The largest absolute Gasteiger partial charge is 0.396 e. The highest BCUT2D eigenvalue weighted by molar-refractivity contribution is 7.18. The molecule has 0 spiro atoms. The third-order valence-electron chi connectivity index (χ3n) is 2.47. The Labute approximate surface area is 99.1 Å². The number of thiazole rings is 1. The lowest BCUT2D eigenvalue weighted by molar-refractivity contribution is 0.284. The van der Waals surface area contributed by atoms with Gasteiger partial charge in [-0.2, -0.15) is 0 Å². The van der Waals surface area contributed by atoms with E-state index in [0.717, 1.165) is 23.5 Å². The average molecular weight is 236 g/mol. The number of fused-ring (bicyclic) bond motifs is 1. The molecular formula is C12H16N2OS. The summed E-state index contributed by atoms with van der Waals surface area (Å²) in [5.41, 5.74) is 1.07. The Kier molecular flexibility index (Phi) is 3.88. The molecular weight excluding hydrogens is 220 g/mol. The molecule has 16 heavy (non-hydrogen) atoms. The summed E-state index contributed by atoms with van der Waals surface area (Å²) in [6.07, 6.45) is 0.787. The van der Waals surface area contributed by atoms with Gasteiger partial charge in [-0.25, -0.2) is 4.98 Å². The van der Waals surface area contributed by atoms with Gasteiger partial charge in [0.2, 0.25) is 0 Å². The van der Waals surface area contributed by atoms with E-state index in [1.54, 1.807) is 11.3 Å². The molecule has 1 aromatic heterocycles. The quantitative estimate of drug-likeness (QED) is 0.783. The van der Waals surface area contributed by atoms with Gasteiger partial charge in [0.1, 0.15) is 5.01 Å². The van der Waals surface area contributed by atoms with Crippen molar-refractivity contribution in [3.8, 4) is 0 Å². The number of aromatic nitrogens is 1. The molecule has 2 aromatic rings. The fourth-order valence-electron chi connectivity index (χ4n) is 1.56. The van der Waals surface area contributed by atoms with Crippen molar-refractivity contribution >= 4 is 21.6 Å². The number of hydrogen-bond donors (Lipinski definition) is 2. The van der Waals surface area contributed by atoms with Crippen molar-refractivity contribution in [2.45, 2.75) is 19.4 Å². The summed E-state index contributed by atoms with van der Waals surface area (Å²) in [7, 11) is 0. The second kappa shape index (κ2) is 5.39. The van der Waals surface area contributed by atoms with E-state index in [2.05, 4.69) is 23.3 Å². The number of aliphatic hydroxyl groups excluding tert-OH is 1. The van der Waals surface area contributed by atoms with Gasteiger partial charge in [-0.1, -0.05) is 12.1 Å². The Bertz CT molecular complexity index is 422. The first-order valence-electron chi connectivity index (χ1n) is 5.51. The van der Waals surface area contributed by atoms with Crippen LogP contribution in [0.2, 0.25) is 0 Å². The van der Waals surface area contributed by atoms with Gasteiger partial charge in [-0.15, -0.1) is 11.3 Å². The maximum absolute atomic E-state index is 8.71. The van der Waals surface area contributed by atoms with Crippen LogP contribution in [0.3, 0.4) is 0 Å². The van der Waals surface area contributed by atoms with E-state index in [4.69, 9.17) is 5.11 Å². The van der Waals surface area contributed by atoms with Crippen molar-refractivity contribution in [1.29, 1.82) is 0 Å². The summed E-state index contributed by atoms with van der Waals surface area (Å²) < 4.78 is 1.23. The number of rotatable bonds is 5. The van der Waals surface area contributed by atoms with Gasteiger partial charge in [0.05, 0.1) is 16.3 Å². The predicted octanol–water partition coefficient (Wildman–Crippen LogP) is 2.33. The van der Waals surface area contributed by atoms with Gasteiger partial charge in [-0.3, -0.25) is 0 Å². The van der Waals surface area contributed by atoms with Crippen LogP contribution in [0, 0.1) is 0 Å². The van der Waals surface area contributed by atoms with E-state index in [9.17, 15) is 0 Å². The topological polar surface area (TPSA) is 45.1 Å². The summed E-state index contributed by atoms with van der Waals surface area (Å²) in [6, 6.07) is 8.43. The van der Waals surface area contributed by atoms with E-state index in [-0.39, 0.29) is 12.6 Å². The molecule has 4 heteroatoms. The molecule has 0 aliphatic carbocycles. The van der Waals surface area contributed by atoms with Crippen LogP contribution in [-0.2, 0) is 0 Å². The normalized spacial score (nSPS) is 13.1. The zero-order chi connectivity index (χ0) is 11.4. The van der Waals surface area contributed by atoms with Gasteiger partial charge in [0, 0.05) is 6.61 Å².